The van der Waals surface area contributed by atoms with E-state index in [0.29, 0.717) is 30.3 Å². The van der Waals surface area contributed by atoms with E-state index in [1.807, 2.05) is 0 Å². The Balaban J connectivity index is 1.48. The van der Waals surface area contributed by atoms with E-state index in [0.717, 1.165) is 5.56 Å². The predicted molar refractivity (Wildman–Crippen MR) is 83.6 cm³/mol. The van der Waals surface area contributed by atoms with Crippen molar-refractivity contribution in [3.63, 3.8) is 0 Å². The zero-order valence-corrected chi connectivity index (χ0v) is 13.2. The normalized spacial score (nSPS) is 16.2. The van der Waals surface area contributed by atoms with E-state index in [4.69, 9.17) is 19.1 Å². The molecule has 130 valence electrons. The summed E-state index contributed by atoms with van der Waals surface area (Å²) in [7, 11) is 0. The van der Waals surface area contributed by atoms with Gasteiger partial charge in [0.25, 0.3) is 5.91 Å². The van der Waals surface area contributed by atoms with Crippen LogP contribution in [0.2, 0.25) is 0 Å². The standard InChI is InChI=1S/C16H15N3O6/c20-15(18-3-5-19(6-4-18)16(21)22)11-8-13(25-17-11)10-1-2-12-14(7-10)24-9-23-12/h1-2,7-8H,3-6,9H2,(H,21,22). The monoisotopic (exact) mass is 345 g/mol. The van der Waals surface area contributed by atoms with Gasteiger partial charge in [-0.25, -0.2) is 4.79 Å². The molecule has 2 aromatic rings. The van der Waals surface area contributed by atoms with Crippen LogP contribution in [0, 0.1) is 0 Å². The minimum Gasteiger partial charge on any atom is -0.465 e. The van der Waals surface area contributed by atoms with Crippen molar-refractivity contribution in [2.24, 2.45) is 0 Å². The Morgan fingerprint density at radius 1 is 1.00 bits per heavy atom. The lowest BCUT2D eigenvalue weighted by Gasteiger charge is -2.32. The van der Waals surface area contributed by atoms with Crippen LogP contribution in [-0.4, -0.2) is 65.0 Å². The molecule has 2 amide bonds. The number of aromatic nitrogens is 1. The molecule has 1 fully saturated rings. The van der Waals surface area contributed by atoms with E-state index in [1.165, 1.54) is 4.90 Å². The van der Waals surface area contributed by atoms with Gasteiger partial charge in [-0.1, -0.05) is 5.16 Å². The SMILES string of the molecule is O=C(O)N1CCN(C(=O)c2cc(-c3ccc4c(c3)OCO4)on2)CC1. The van der Waals surface area contributed by atoms with E-state index in [2.05, 4.69) is 5.16 Å². The molecule has 2 aliphatic rings. The molecule has 3 heterocycles. The van der Waals surface area contributed by atoms with Crippen LogP contribution < -0.4 is 9.47 Å². The average molecular weight is 345 g/mol. The predicted octanol–water partition coefficient (Wildman–Crippen LogP) is 1.51. The fraction of sp³-hybridized carbons (Fsp3) is 0.312. The summed E-state index contributed by atoms with van der Waals surface area (Å²) in [6.45, 7) is 1.41. The van der Waals surface area contributed by atoms with Crippen LogP contribution >= 0.6 is 0 Å². The van der Waals surface area contributed by atoms with Crippen molar-refractivity contribution in [3.05, 3.63) is 30.0 Å². The third-order valence-electron chi connectivity index (χ3n) is 4.22. The van der Waals surface area contributed by atoms with Gasteiger partial charge in [-0.3, -0.25) is 4.79 Å². The van der Waals surface area contributed by atoms with Gasteiger partial charge in [-0.05, 0) is 18.2 Å². The van der Waals surface area contributed by atoms with Crippen molar-refractivity contribution < 1.29 is 28.7 Å². The second-order valence-electron chi connectivity index (χ2n) is 5.71. The molecule has 0 radical (unpaired) electrons. The highest BCUT2D eigenvalue weighted by molar-refractivity contribution is 5.93. The first-order valence-corrected chi connectivity index (χ1v) is 7.76. The van der Waals surface area contributed by atoms with E-state index >= 15 is 0 Å². The minimum atomic E-state index is -0.973. The van der Waals surface area contributed by atoms with Gasteiger partial charge in [-0.2, -0.15) is 0 Å². The number of nitrogens with zero attached hydrogens (tertiary/aromatic N) is 3. The molecule has 25 heavy (non-hydrogen) atoms. The van der Waals surface area contributed by atoms with E-state index in [9.17, 15) is 9.59 Å². The largest absolute Gasteiger partial charge is 0.465 e. The van der Waals surface area contributed by atoms with E-state index in [1.54, 1.807) is 29.2 Å². The molecule has 1 saturated heterocycles. The lowest BCUT2D eigenvalue weighted by atomic mass is 10.1. The summed E-state index contributed by atoms with van der Waals surface area (Å²) in [6.07, 6.45) is -0.973. The summed E-state index contributed by atoms with van der Waals surface area (Å²) in [5.74, 6) is 1.45. The van der Waals surface area contributed by atoms with Gasteiger partial charge < -0.3 is 28.9 Å². The first-order chi connectivity index (χ1) is 12.1. The van der Waals surface area contributed by atoms with Crippen molar-refractivity contribution in [2.75, 3.05) is 33.0 Å². The Bertz CT molecular complexity index is 825. The number of fused-ring (bicyclic) bond motifs is 1. The molecule has 4 rings (SSSR count). The number of hydrogen-bond acceptors (Lipinski definition) is 6. The van der Waals surface area contributed by atoms with E-state index in [-0.39, 0.29) is 31.5 Å². The second kappa shape index (κ2) is 6.00. The molecule has 1 aromatic carbocycles. The lowest BCUT2D eigenvalue weighted by molar-refractivity contribution is 0.0615. The first kappa shape index (κ1) is 15.3. The molecule has 0 aliphatic carbocycles. The van der Waals surface area contributed by atoms with Crippen LogP contribution in [-0.2, 0) is 0 Å². The molecule has 0 bridgehead atoms. The van der Waals surface area contributed by atoms with Crippen molar-refractivity contribution in [3.8, 4) is 22.8 Å². The number of piperazine rings is 1. The number of benzene rings is 1. The van der Waals surface area contributed by atoms with Crippen LogP contribution in [0.25, 0.3) is 11.3 Å². The van der Waals surface area contributed by atoms with Crippen LogP contribution in [0.15, 0.2) is 28.8 Å². The summed E-state index contributed by atoms with van der Waals surface area (Å²) in [5.41, 5.74) is 0.919. The molecule has 2 aliphatic heterocycles. The van der Waals surface area contributed by atoms with Gasteiger partial charge in [0.2, 0.25) is 6.79 Å². The second-order valence-corrected chi connectivity index (χ2v) is 5.71. The van der Waals surface area contributed by atoms with Gasteiger partial charge in [0, 0.05) is 37.8 Å². The number of carboxylic acid groups (broad SMARTS) is 1. The highest BCUT2D eigenvalue weighted by Crippen LogP contribution is 2.36. The van der Waals surface area contributed by atoms with Gasteiger partial charge in [0.05, 0.1) is 0 Å². The van der Waals surface area contributed by atoms with Crippen molar-refractivity contribution in [1.29, 1.82) is 0 Å². The minimum absolute atomic E-state index is 0.182. The highest BCUT2D eigenvalue weighted by Gasteiger charge is 2.26. The maximum absolute atomic E-state index is 12.5. The Morgan fingerprint density at radius 2 is 1.72 bits per heavy atom. The third kappa shape index (κ3) is 2.84. The third-order valence-corrected chi connectivity index (χ3v) is 4.22. The van der Waals surface area contributed by atoms with Crippen LogP contribution in [0.5, 0.6) is 11.5 Å². The summed E-state index contributed by atoms with van der Waals surface area (Å²) >= 11 is 0. The smallest absolute Gasteiger partial charge is 0.407 e. The molecule has 0 saturated carbocycles. The Kier molecular flexibility index (Phi) is 3.68. The molecule has 0 unspecified atom stereocenters. The zero-order chi connectivity index (χ0) is 17.4. The van der Waals surface area contributed by atoms with Gasteiger partial charge in [-0.15, -0.1) is 0 Å². The molecule has 9 nitrogen and oxygen atoms in total. The lowest BCUT2D eigenvalue weighted by Crippen LogP contribution is -2.50. The number of ether oxygens (including phenoxy) is 2. The van der Waals surface area contributed by atoms with Gasteiger partial charge in [0.15, 0.2) is 23.0 Å². The van der Waals surface area contributed by atoms with Crippen molar-refractivity contribution >= 4 is 12.0 Å². The van der Waals surface area contributed by atoms with Crippen molar-refractivity contribution in [1.82, 2.24) is 15.0 Å². The number of carbonyl (C=O) groups is 2. The zero-order valence-electron chi connectivity index (χ0n) is 13.2. The molecular weight excluding hydrogens is 330 g/mol. The summed E-state index contributed by atoms with van der Waals surface area (Å²) in [6, 6.07) is 6.91. The maximum atomic E-state index is 12.5. The fourth-order valence-electron chi connectivity index (χ4n) is 2.82. The number of amides is 2. The Labute approximate surface area is 142 Å². The molecule has 9 heteroatoms. The summed E-state index contributed by atoms with van der Waals surface area (Å²) in [4.78, 5) is 26.3. The summed E-state index contributed by atoms with van der Waals surface area (Å²) in [5, 5.41) is 12.8. The van der Waals surface area contributed by atoms with Gasteiger partial charge in [0.1, 0.15) is 0 Å². The number of hydrogen-bond donors (Lipinski definition) is 1. The van der Waals surface area contributed by atoms with Crippen LogP contribution in [0.1, 0.15) is 10.5 Å². The number of carbonyl (C=O) groups excluding carboxylic acids is 1. The van der Waals surface area contributed by atoms with E-state index < -0.39 is 6.09 Å². The van der Waals surface area contributed by atoms with Crippen LogP contribution in [0.3, 0.4) is 0 Å². The maximum Gasteiger partial charge on any atom is 0.407 e. The Hall–Kier alpha value is -3.23. The molecular formula is C16H15N3O6. The molecule has 0 spiro atoms. The topological polar surface area (TPSA) is 105 Å². The highest BCUT2D eigenvalue weighted by atomic mass is 16.7. The Morgan fingerprint density at radius 3 is 2.48 bits per heavy atom. The quantitative estimate of drug-likeness (QED) is 0.879. The molecule has 1 N–H and O–H groups in total. The van der Waals surface area contributed by atoms with Crippen molar-refractivity contribution in [2.45, 2.75) is 0 Å². The summed E-state index contributed by atoms with van der Waals surface area (Å²) < 4.78 is 15.9. The average Bonchev–Trinajstić information content (AvgIpc) is 3.29. The molecule has 0 atom stereocenters. The number of rotatable bonds is 2. The first-order valence-electron chi connectivity index (χ1n) is 7.76. The fourth-order valence-corrected chi connectivity index (χ4v) is 2.82. The van der Waals surface area contributed by atoms with Crippen LogP contribution in [0.4, 0.5) is 4.79 Å². The molecule has 1 aromatic heterocycles. The van der Waals surface area contributed by atoms with Gasteiger partial charge >= 0.3 is 6.09 Å².